The van der Waals surface area contributed by atoms with Gasteiger partial charge in [-0.25, -0.2) is 0 Å². The number of likely N-dealkylation sites (N-methyl/N-ethyl adjacent to an activating group) is 1. The summed E-state index contributed by atoms with van der Waals surface area (Å²) in [6, 6.07) is -0.930. The maximum absolute atomic E-state index is 12.9. The number of β-lactam (4-membered cyclic amide) rings is 1. The summed E-state index contributed by atoms with van der Waals surface area (Å²) < 4.78 is 4.64. The van der Waals surface area contributed by atoms with Gasteiger partial charge in [-0.2, -0.15) is 9.36 Å². The lowest BCUT2D eigenvalue weighted by atomic mass is 10.0. The summed E-state index contributed by atoms with van der Waals surface area (Å²) in [5.74, 6) is -2.24. The first-order chi connectivity index (χ1) is 15.7. The highest BCUT2D eigenvalue weighted by molar-refractivity contribution is 8.00. The Morgan fingerprint density at radius 1 is 1.42 bits per heavy atom. The highest BCUT2D eigenvalue weighted by Crippen LogP contribution is 2.40. The number of nitrogens with two attached hydrogens (primary N) is 1. The monoisotopic (exact) mass is 496 g/mol. The third kappa shape index (κ3) is 4.53. The molecule has 0 radical (unpaired) electrons. The van der Waals surface area contributed by atoms with E-state index in [9.17, 15) is 19.5 Å². The van der Waals surface area contributed by atoms with Gasteiger partial charge in [0.15, 0.2) is 5.13 Å². The van der Waals surface area contributed by atoms with E-state index in [2.05, 4.69) is 32.2 Å². The standard InChI is InChI=1S/C18H24N8O5S2/c1-26(5-3-20-4-6-26)7-9-8-32-16-11(15(28)25(16)12(9)17(29)30)21-14(27)10(23-31-2)13-22-18(19)33-24-13/h11,16,20H,3-8H2,1-2H3,(H3-,19,21,22,24,27,29,30)/t11-,16-/m1/s1. The van der Waals surface area contributed by atoms with E-state index in [1.165, 1.54) is 23.8 Å². The van der Waals surface area contributed by atoms with E-state index in [0.29, 0.717) is 22.4 Å². The Morgan fingerprint density at radius 3 is 2.76 bits per heavy atom. The van der Waals surface area contributed by atoms with Gasteiger partial charge in [0, 0.05) is 35.9 Å². The van der Waals surface area contributed by atoms with Crippen LogP contribution in [0.5, 0.6) is 0 Å². The van der Waals surface area contributed by atoms with Crippen LogP contribution in [0.1, 0.15) is 5.82 Å². The minimum absolute atomic E-state index is 0.0256. The number of hydrogen-bond acceptors (Lipinski definition) is 12. The molecule has 0 bridgehead atoms. The number of carboxylic acids is 1. The molecular formula is C18H24N8O5S2. The van der Waals surface area contributed by atoms with Gasteiger partial charge in [-0.15, -0.1) is 11.8 Å². The highest BCUT2D eigenvalue weighted by Gasteiger charge is 2.53. The van der Waals surface area contributed by atoms with Crippen LogP contribution in [-0.4, -0.2) is 106 Å². The Hall–Kier alpha value is -2.75. The maximum Gasteiger partial charge on any atom is 0.278 e. The molecular weight excluding hydrogens is 472 g/mol. The summed E-state index contributed by atoms with van der Waals surface area (Å²) in [4.78, 5) is 47.6. The second-order valence-corrected chi connectivity index (χ2v) is 10.0. The number of hydrogen-bond donors (Lipinski definition) is 3. The summed E-state index contributed by atoms with van der Waals surface area (Å²) in [5.41, 5.74) is 5.92. The maximum atomic E-state index is 12.9. The molecule has 15 heteroatoms. The highest BCUT2D eigenvalue weighted by atomic mass is 32.2. The van der Waals surface area contributed by atoms with Gasteiger partial charge in [-0.3, -0.25) is 14.5 Å². The zero-order valence-electron chi connectivity index (χ0n) is 18.1. The number of thioether (sulfide) groups is 1. The molecule has 1 aromatic rings. The molecule has 2 saturated heterocycles. The molecule has 33 heavy (non-hydrogen) atoms. The summed E-state index contributed by atoms with van der Waals surface area (Å²) in [7, 11) is 3.34. The number of rotatable bonds is 7. The van der Waals surface area contributed by atoms with E-state index in [1.807, 2.05) is 0 Å². The third-order valence-corrected chi connectivity index (χ3v) is 7.69. The third-order valence-electron chi connectivity index (χ3n) is 5.81. The first-order valence-corrected chi connectivity index (χ1v) is 12.0. The fraction of sp³-hybridized carbons (Fsp3) is 0.556. The van der Waals surface area contributed by atoms with Crippen molar-refractivity contribution in [2.24, 2.45) is 5.16 Å². The van der Waals surface area contributed by atoms with Crippen molar-refractivity contribution in [3.63, 3.8) is 0 Å². The second-order valence-electron chi connectivity index (χ2n) is 8.15. The SMILES string of the molecule is CON=C(C(=O)N[C@@H]1C(=O)N2C(C(=O)[O-])=C(C[N+]3(C)CCNCC3)CS[C@H]12)c1nsc(N)n1. The average molecular weight is 497 g/mol. The zero-order chi connectivity index (χ0) is 23.8. The number of carbonyl (C=O) groups is 3. The van der Waals surface area contributed by atoms with Crippen LogP contribution < -0.4 is 21.5 Å². The lowest BCUT2D eigenvalue weighted by Gasteiger charge is -2.51. The predicted molar refractivity (Wildman–Crippen MR) is 119 cm³/mol. The Kier molecular flexibility index (Phi) is 6.56. The molecule has 3 aliphatic heterocycles. The largest absolute Gasteiger partial charge is 0.543 e. The van der Waals surface area contributed by atoms with Crippen molar-refractivity contribution in [3.05, 3.63) is 17.1 Å². The quantitative estimate of drug-likeness (QED) is 0.152. The van der Waals surface area contributed by atoms with Crippen LogP contribution in [0.15, 0.2) is 16.4 Å². The molecule has 1 aromatic heterocycles. The van der Waals surface area contributed by atoms with E-state index in [-0.39, 0.29) is 22.4 Å². The number of piperazine rings is 1. The van der Waals surface area contributed by atoms with Crippen molar-refractivity contribution in [1.82, 2.24) is 24.9 Å². The molecule has 4 heterocycles. The number of aromatic nitrogens is 2. The van der Waals surface area contributed by atoms with Gasteiger partial charge >= 0.3 is 0 Å². The number of carbonyl (C=O) groups excluding carboxylic acids is 3. The number of aliphatic carboxylic acids is 1. The summed E-state index contributed by atoms with van der Waals surface area (Å²) in [6.07, 6.45) is 0. The van der Waals surface area contributed by atoms with Crippen LogP contribution in [0, 0.1) is 0 Å². The first kappa shape index (κ1) is 23.4. The normalized spacial score (nSPS) is 24.7. The topological polar surface area (TPSA) is 175 Å². The Labute approximate surface area is 197 Å². The number of quaternary nitrogens is 1. The van der Waals surface area contributed by atoms with Crippen molar-refractivity contribution in [3.8, 4) is 0 Å². The van der Waals surface area contributed by atoms with Crippen molar-refractivity contribution >= 4 is 51.9 Å². The minimum atomic E-state index is -1.39. The van der Waals surface area contributed by atoms with E-state index in [1.54, 1.807) is 0 Å². The van der Waals surface area contributed by atoms with E-state index in [4.69, 9.17) is 10.6 Å². The van der Waals surface area contributed by atoms with Gasteiger partial charge in [-0.05, 0) is 0 Å². The lowest BCUT2D eigenvalue weighted by Crippen LogP contribution is -2.72. The molecule has 0 spiro atoms. The molecule has 2 fully saturated rings. The second kappa shape index (κ2) is 9.24. The number of fused-ring (bicyclic) bond motifs is 1. The number of amides is 2. The molecule has 178 valence electrons. The number of anilines is 1. The first-order valence-electron chi connectivity index (χ1n) is 10.2. The van der Waals surface area contributed by atoms with E-state index < -0.39 is 29.2 Å². The van der Waals surface area contributed by atoms with Crippen LogP contribution in [0.2, 0.25) is 0 Å². The van der Waals surface area contributed by atoms with Crippen LogP contribution in [0.25, 0.3) is 0 Å². The average Bonchev–Trinajstić information content (AvgIpc) is 3.21. The Morgan fingerprint density at radius 2 is 2.15 bits per heavy atom. The molecule has 0 aromatic carbocycles. The van der Waals surface area contributed by atoms with Crippen LogP contribution in [0.3, 0.4) is 0 Å². The molecule has 0 unspecified atom stereocenters. The molecule has 13 nitrogen and oxygen atoms in total. The number of nitrogens with zero attached hydrogens (tertiary/aromatic N) is 5. The van der Waals surface area contributed by atoms with Crippen LogP contribution in [0.4, 0.5) is 5.13 Å². The molecule has 2 amide bonds. The van der Waals surface area contributed by atoms with E-state index >= 15 is 0 Å². The van der Waals surface area contributed by atoms with Crippen molar-refractivity contribution in [2.45, 2.75) is 11.4 Å². The summed E-state index contributed by atoms with van der Waals surface area (Å²) in [6.45, 7) is 3.94. The zero-order valence-corrected chi connectivity index (χ0v) is 19.7. The molecule has 0 aliphatic carbocycles. The molecule has 3 aliphatic rings. The molecule has 0 saturated carbocycles. The fourth-order valence-corrected chi connectivity index (χ4v) is 5.93. The molecule has 4 rings (SSSR count). The van der Waals surface area contributed by atoms with Crippen LogP contribution in [-0.2, 0) is 19.2 Å². The molecule has 2 atom stereocenters. The lowest BCUT2D eigenvalue weighted by molar-refractivity contribution is -0.906. The Balaban J connectivity index is 1.51. The van der Waals surface area contributed by atoms with Gasteiger partial charge in [-0.1, -0.05) is 5.16 Å². The van der Waals surface area contributed by atoms with Gasteiger partial charge in [0.25, 0.3) is 11.8 Å². The van der Waals surface area contributed by atoms with Gasteiger partial charge in [0.1, 0.15) is 25.1 Å². The molecule has 4 N–H and O–H groups in total. The number of carboxylic acid groups (broad SMARTS) is 1. The van der Waals surface area contributed by atoms with E-state index in [0.717, 1.165) is 37.7 Å². The number of nitrogens with one attached hydrogen (secondary N) is 2. The summed E-state index contributed by atoms with van der Waals surface area (Å²) >= 11 is 2.29. The predicted octanol–water partition coefficient (Wildman–Crippen LogP) is -3.08. The van der Waals surface area contributed by atoms with Crippen molar-refractivity contribution < 1.29 is 28.8 Å². The smallest absolute Gasteiger partial charge is 0.278 e. The van der Waals surface area contributed by atoms with Gasteiger partial charge in [0.2, 0.25) is 11.5 Å². The number of oxime groups is 1. The number of nitrogen functional groups attached to an aromatic ring is 1. The van der Waals surface area contributed by atoms with Crippen molar-refractivity contribution in [1.29, 1.82) is 0 Å². The van der Waals surface area contributed by atoms with Gasteiger partial charge < -0.3 is 35.6 Å². The van der Waals surface area contributed by atoms with Gasteiger partial charge in [0.05, 0.1) is 31.8 Å². The van der Waals surface area contributed by atoms with Crippen LogP contribution >= 0.6 is 23.3 Å². The minimum Gasteiger partial charge on any atom is -0.543 e. The summed E-state index contributed by atoms with van der Waals surface area (Å²) in [5, 5.41) is 21.1. The Bertz CT molecular complexity index is 1030. The fourth-order valence-electron chi connectivity index (χ4n) is 4.16. The van der Waals surface area contributed by atoms with Crippen molar-refractivity contribution in [2.75, 3.05) is 58.4 Å².